The third kappa shape index (κ3) is 4.49. The average Bonchev–Trinajstić information content (AvgIpc) is 2.27. The summed E-state index contributed by atoms with van der Waals surface area (Å²) in [5.74, 6) is 0.828. The maximum Gasteiger partial charge on any atom is 0.0477 e. The van der Waals surface area contributed by atoms with Gasteiger partial charge in [0.15, 0.2) is 0 Å². The molecule has 0 aromatic heterocycles. The molecule has 2 atom stereocenters. The lowest BCUT2D eigenvalue weighted by atomic mass is 9.93. The van der Waals surface area contributed by atoms with E-state index >= 15 is 0 Å². The highest BCUT2D eigenvalue weighted by atomic mass is 16.5. The predicted molar refractivity (Wildman–Crippen MR) is 63.9 cm³/mol. The number of hydrogen-bond donors (Lipinski definition) is 1. The summed E-state index contributed by atoms with van der Waals surface area (Å²) in [5, 5.41) is 0. The Balaban J connectivity index is 2.27. The van der Waals surface area contributed by atoms with E-state index in [1.165, 1.54) is 32.4 Å². The fourth-order valence-electron chi connectivity index (χ4n) is 2.44. The Labute approximate surface area is 94.0 Å². The summed E-state index contributed by atoms with van der Waals surface area (Å²) in [5.41, 5.74) is 5.62. The van der Waals surface area contributed by atoms with Gasteiger partial charge in [-0.25, -0.2) is 0 Å². The first kappa shape index (κ1) is 12.9. The Morgan fingerprint density at radius 3 is 3.00 bits per heavy atom. The highest BCUT2D eigenvalue weighted by Crippen LogP contribution is 2.21. The molecule has 2 unspecified atom stereocenters. The summed E-state index contributed by atoms with van der Waals surface area (Å²) < 4.78 is 5.13. The van der Waals surface area contributed by atoms with E-state index in [2.05, 4.69) is 11.8 Å². The minimum Gasteiger partial charge on any atom is -0.385 e. The van der Waals surface area contributed by atoms with Crippen molar-refractivity contribution in [1.82, 2.24) is 4.90 Å². The molecule has 3 nitrogen and oxygen atoms in total. The van der Waals surface area contributed by atoms with Crippen molar-refractivity contribution in [3.63, 3.8) is 0 Å². The molecule has 1 rings (SSSR count). The number of nitrogens with zero attached hydrogens (tertiary/aromatic N) is 1. The Kier molecular flexibility index (Phi) is 6.22. The molecule has 1 fully saturated rings. The van der Waals surface area contributed by atoms with E-state index in [0.29, 0.717) is 6.04 Å². The highest BCUT2D eigenvalue weighted by Gasteiger charge is 2.22. The fraction of sp³-hybridized carbons (Fsp3) is 1.00. The van der Waals surface area contributed by atoms with Gasteiger partial charge in [-0.1, -0.05) is 0 Å². The zero-order valence-corrected chi connectivity index (χ0v) is 10.2. The first-order valence-electron chi connectivity index (χ1n) is 6.21. The summed E-state index contributed by atoms with van der Waals surface area (Å²) in [6.07, 6.45) is 5.03. The summed E-state index contributed by atoms with van der Waals surface area (Å²) in [6.45, 7) is 6.52. The largest absolute Gasteiger partial charge is 0.385 e. The second-order valence-electron chi connectivity index (χ2n) is 4.71. The molecule has 15 heavy (non-hydrogen) atoms. The van der Waals surface area contributed by atoms with Crippen LogP contribution in [0.15, 0.2) is 0 Å². The van der Waals surface area contributed by atoms with Crippen molar-refractivity contribution < 1.29 is 4.74 Å². The van der Waals surface area contributed by atoms with Crippen molar-refractivity contribution in [2.45, 2.75) is 38.6 Å². The topological polar surface area (TPSA) is 38.5 Å². The first-order chi connectivity index (χ1) is 7.27. The second-order valence-corrected chi connectivity index (χ2v) is 4.71. The molecule has 1 aliphatic rings. The summed E-state index contributed by atoms with van der Waals surface area (Å²) in [7, 11) is 1.78. The molecular weight excluding hydrogens is 188 g/mol. The van der Waals surface area contributed by atoms with Gasteiger partial charge < -0.3 is 15.4 Å². The van der Waals surface area contributed by atoms with Crippen LogP contribution in [0.25, 0.3) is 0 Å². The van der Waals surface area contributed by atoms with Crippen molar-refractivity contribution in [2.75, 3.05) is 33.4 Å². The Morgan fingerprint density at radius 1 is 1.53 bits per heavy atom. The van der Waals surface area contributed by atoms with Crippen molar-refractivity contribution in [1.29, 1.82) is 0 Å². The van der Waals surface area contributed by atoms with Crippen molar-refractivity contribution >= 4 is 0 Å². The number of likely N-dealkylation sites (tertiary alicyclic amines) is 1. The molecule has 1 saturated heterocycles. The van der Waals surface area contributed by atoms with E-state index in [9.17, 15) is 0 Å². The maximum atomic E-state index is 5.62. The van der Waals surface area contributed by atoms with E-state index in [1.807, 2.05) is 0 Å². The van der Waals surface area contributed by atoms with Gasteiger partial charge in [0.1, 0.15) is 0 Å². The van der Waals surface area contributed by atoms with Gasteiger partial charge in [-0.15, -0.1) is 0 Å². The fourth-order valence-corrected chi connectivity index (χ4v) is 2.44. The molecule has 0 aliphatic carbocycles. The molecule has 0 radical (unpaired) electrons. The smallest absolute Gasteiger partial charge is 0.0477 e. The van der Waals surface area contributed by atoms with E-state index in [1.54, 1.807) is 7.11 Å². The van der Waals surface area contributed by atoms with Crippen LogP contribution >= 0.6 is 0 Å². The minimum atomic E-state index is 0.658. The SMILES string of the molecule is COCCC(C)N1CCCC(CCN)C1. The third-order valence-electron chi connectivity index (χ3n) is 3.49. The standard InChI is InChI=1S/C12H26N2O/c1-11(6-9-15-2)14-8-3-4-12(10-14)5-7-13/h11-12H,3-10,13H2,1-2H3. The molecule has 0 bridgehead atoms. The summed E-state index contributed by atoms with van der Waals surface area (Å²) in [4.78, 5) is 2.60. The Bertz CT molecular complexity index is 162. The molecule has 0 saturated carbocycles. The molecule has 3 heteroatoms. The molecule has 1 heterocycles. The van der Waals surface area contributed by atoms with Gasteiger partial charge in [-0.05, 0) is 51.6 Å². The van der Waals surface area contributed by atoms with E-state index in [-0.39, 0.29) is 0 Å². The molecule has 0 aromatic rings. The van der Waals surface area contributed by atoms with Crippen LogP contribution < -0.4 is 5.73 Å². The van der Waals surface area contributed by atoms with Crippen LogP contribution in [-0.4, -0.2) is 44.3 Å². The van der Waals surface area contributed by atoms with Crippen LogP contribution in [0.2, 0.25) is 0 Å². The van der Waals surface area contributed by atoms with Gasteiger partial charge in [0.05, 0.1) is 0 Å². The Hall–Kier alpha value is -0.120. The van der Waals surface area contributed by atoms with Gasteiger partial charge in [-0.2, -0.15) is 0 Å². The molecule has 90 valence electrons. The molecule has 0 aromatic carbocycles. The average molecular weight is 214 g/mol. The van der Waals surface area contributed by atoms with Crippen molar-refractivity contribution in [3.05, 3.63) is 0 Å². The van der Waals surface area contributed by atoms with Crippen LogP contribution in [0.1, 0.15) is 32.6 Å². The van der Waals surface area contributed by atoms with Crippen LogP contribution in [0, 0.1) is 5.92 Å². The van der Waals surface area contributed by atoms with Gasteiger partial charge in [-0.3, -0.25) is 0 Å². The normalized spacial score (nSPS) is 25.4. The van der Waals surface area contributed by atoms with Gasteiger partial charge in [0, 0.05) is 26.3 Å². The van der Waals surface area contributed by atoms with E-state index < -0.39 is 0 Å². The molecular formula is C12H26N2O. The zero-order valence-electron chi connectivity index (χ0n) is 10.2. The number of hydrogen-bond acceptors (Lipinski definition) is 3. The third-order valence-corrected chi connectivity index (χ3v) is 3.49. The quantitative estimate of drug-likeness (QED) is 0.728. The van der Waals surface area contributed by atoms with Crippen molar-refractivity contribution in [3.8, 4) is 0 Å². The van der Waals surface area contributed by atoms with Crippen LogP contribution in [0.3, 0.4) is 0 Å². The number of piperidine rings is 1. The highest BCUT2D eigenvalue weighted by molar-refractivity contribution is 4.77. The lowest BCUT2D eigenvalue weighted by Gasteiger charge is -2.36. The summed E-state index contributed by atoms with van der Waals surface area (Å²) >= 11 is 0. The van der Waals surface area contributed by atoms with Gasteiger partial charge >= 0.3 is 0 Å². The number of rotatable bonds is 6. The summed E-state index contributed by atoms with van der Waals surface area (Å²) in [6, 6.07) is 0.658. The minimum absolute atomic E-state index is 0.658. The number of nitrogens with two attached hydrogens (primary N) is 1. The lowest BCUT2D eigenvalue weighted by molar-refractivity contribution is 0.0980. The van der Waals surface area contributed by atoms with Crippen LogP contribution in [0.5, 0.6) is 0 Å². The maximum absolute atomic E-state index is 5.62. The monoisotopic (exact) mass is 214 g/mol. The van der Waals surface area contributed by atoms with Crippen LogP contribution in [-0.2, 0) is 4.74 Å². The molecule has 0 amide bonds. The predicted octanol–water partition coefficient (Wildman–Crippen LogP) is 1.47. The van der Waals surface area contributed by atoms with Gasteiger partial charge in [0.2, 0.25) is 0 Å². The van der Waals surface area contributed by atoms with E-state index in [0.717, 1.165) is 25.5 Å². The second kappa shape index (κ2) is 7.20. The Morgan fingerprint density at radius 2 is 2.33 bits per heavy atom. The molecule has 2 N–H and O–H groups in total. The number of ether oxygens (including phenoxy) is 1. The van der Waals surface area contributed by atoms with E-state index in [4.69, 9.17) is 10.5 Å². The lowest BCUT2D eigenvalue weighted by Crippen LogP contribution is -2.42. The zero-order chi connectivity index (χ0) is 11.1. The molecule has 0 spiro atoms. The first-order valence-corrected chi connectivity index (χ1v) is 6.21. The molecule has 1 aliphatic heterocycles. The van der Waals surface area contributed by atoms with Crippen molar-refractivity contribution in [2.24, 2.45) is 11.7 Å². The van der Waals surface area contributed by atoms with Gasteiger partial charge in [0.25, 0.3) is 0 Å². The number of methoxy groups -OCH3 is 1. The van der Waals surface area contributed by atoms with Crippen LogP contribution in [0.4, 0.5) is 0 Å².